The molecule has 2 aromatic heterocycles. The molecule has 0 bridgehead atoms. The molecule has 0 spiro atoms. The van der Waals surface area contributed by atoms with Crippen molar-refractivity contribution in [1.82, 2.24) is 20.6 Å². The second kappa shape index (κ2) is 8.64. The van der Waals surface area contributed by atoms with E-state index in [9.17, 15) is 0 Å². The summed E-state index contributed by atoms with van der Waals surface area (Å²) in [4.78, 5) is 14.4. The Bertz CT molecular complexity index is 586. The predicted molar refractivity (Wildman–Crippen MR) is 101 cm³/mol. The molecule has 0 atom stereocenters. The molecule has 0 amide bonds. The van der Waals surface area contributed by atoms with E-state index in [0.29, 0.717) is 13.1 Å². The smallest absolute Gasteiger partial charge is 0.191 e. The van der Waals surface area contributed by atoms with Crippen molar-refractivity contribution in [2.75, 3.05) is 7.05 Å². The molecule has 0 saturated heterocycles. The number of nitrogens with one attached hydrogen (secondary N) is 2. The Morgan fingerprint density at radius 1 is 1.14 bits per heavy atom. The van der Waals surface area contributed by atoms with Gasteiger partial charge in [-0.2, -0.15) is 0 Å². The topological polar surface area (TPSA) is 62.2 Å². The van der Waals surface area contributed by atoms with Crippen molar-refractivity contribution in [3.8, 4) is 0 Å². The van der Waals surface area contributed by atoms with Crippen LogP contribution in [0.2, 0.25) is 0 Å². The molecule has 0 saturated carbocycles. The predicted octanol–water partition coefficient (Wildman–Crippen LogP) is 3.01. The monoisotopic (exact) mass is 437 g/mol. The van der Waals surface area contributed by atoms with E-state index in [1.807, 2.05) is 19.2 Å². The molecule has 21 heavy (non-hydrogen) atoms. The van der Waals surface area contributed by atoms with E-state index in [1.165, 1.54) is 4.88 Å². The molecule has 8 heteroatoms. The van der Waals surface area contributed by atoms with Gasteiger partial charge in [0.1, 0.15) is 10.0 Å². The molecule has 2 N–H and O–H groups in total. The van der Waals surface area contributed by atoms with Gasteiger partial charge >= 0.3 is 0 Å². The lowest BCUT2D eigenvalue weighted by Crippen LogP contribution is -2.36. The van der Waals surface area contributed by atoms with Crippen LogP contribution in [0.3, 0.4) is 0 Å². The third-order valence-electron chi connectivity index (χ3n) is 2.78. The van der Waals surface area contributed by atoms with Gasteiger partial charge in [0.15, 0.2) is 5.96 Å². The average molecular weight is 437 g/mol. The van der Waals surface area contributed by atoms with Crippen LogP contribution in [0, 0.1) is 20.8 Å². The maximum Gasteiger partial charge on any atom is 0.191 e. The summed E-state index contributed by atoms with van der Waals surface area (Å²) in [5, 5.41) is 10.7. The summed E-state index contributed by atoms with van der Waals surface area (Å²) in [5.74, 6) is 0.767. The number of halogens is 1. The summed E-state index contributed by atoms with van der Waals surface area (Å²) in [5.41, 5.74) is 2.16. The molecule has 2 rings (SSSR count). The number of hydrogen-bond donors (Lipinski definition) is 2. The maximum absolute atomic E-state index is 4.50. The molecule has 116 valence electrons. The van der Waals surface area contributed by atoms with Crippen LogP contribution in [0.5, 0.6) is 0 Å². The zero-order chi connectivity index (χ0) is 14.5. The number of aliphatic imine (C=N–C) groups is 1. The second-order valence-electron chi connectivity index (χ2n) is 4.41. The first-order valence-electron chi connectivity index (χ1n) is 6.37. The van der Waals surface area contributed by atoms with Gasteiger partial charge in [-0.1, -0.05) is 0 Å². The maximum atomic E-state index is 4.50. The summed E-state index contributed by atoms with van der Waals surface area (Å²) in [7, 11) is 1.76. The SMILES string of the molecule is CN=C(NCc1nc(C)cs1)NCc1nc(C)c(C)s1.I. The minimum atomic E-state index is 0. The van der Waals surface area contributed by atoms with Gasteiger partial charge in [-0.15, -0.1) is 46.7 Å². The highest BCUT2D eigenvalue weighted by Gasteiger charge is 2.05. The van der Waals surface area contributed by atoms with E-state index >= 15 is 0 Å². The van der Waals surface area contributed by atoms with Gasteiger partial charge in [-0.25, -0.2) is 9.97 Å². The van der Waals surface area contributed by atoms with Crippen LogP contribution in [0.25, 0.3) is 0 Å². The average Bonchev–Trinajstić information content (AvgIpc) is 2.97. The first-order chi connectivity index (χ1) is 9.58. The lowest BCUT2D eigenvalue weighted by molar-refractivity contribution is 0.798. The van der Waals surface area contributed by atoms with Gasteiger partial charge in [-0.3, -0.25) is 4.99 Å². The number of thiazole rings is 2. The van der Waals surface area contributed by atoms with Gasteiger partial charge in [0.05, 0.1) is 18.8 Å². The zero-order valence-corrected chi connectivity index (χ0v) is 16.5. The standard InChI is InChI=1S/C13H19N5S2.HI/c1-8-7-19-11(17-8)5-15-13(14-4)16-6-12-18-9(2)10(3)20-12;/h7H,5-6H2,1-4H3,(H2,14,15,16);1H. The molecular weight excluding hydrogens is 417 g/mol. The Hall–Kier alpha value is -0.740. The van der Waals surface area contributed by atoms with Crippen molar-refractivity contribution in [1.29, 1.82) is 0 Å². The van der Waals surface area contributed by atoms with E-state index in [1.54, 1.807) is 29.7 Å². The van der Waals surface area contributed by atoms with Crippen LogP contribution in [0.15, 0.2) is 10.4 Å². The molecule has 5 nitrogen and oxygen atoms in total. The molecular formula is C13H20IN5S2. The van der Waals surface area contributed by atoms with E-state index in [-0.39, 0.29) is 24.0 Å². The van der Waals surface area contributed by atoms with Crippen molar-refractivity contribution in [2.24, 2.45) is 4.99 Å². The third kappa shape index (κ3) is 5.51. The molecule has 0 unspecified atom stereocenters. The van der Waals surface area contributed by atoms with Gasteiger partial charge in [0, 0.05) is 23.0 Å². The van der Waals surface area contributed by atoms with E-state index in [2.05, 4.69) is 32.5 Å². The molecule has 0 radical (unpaired) electrons. The Balaban J connectivity index is 0.00000220. The summed E-state index contributed by atoms with van der Waals surface area (Å²) < 4.78 is 0. The van der Waals surface area contributed by atoms with Gasteiger partial charge in [-0.05, 0) is 20.8 Å². The summed E-state index contributed by atoms with van der Waals surface area (Å²) in [6.45, 7) is 7.51. The van der Waals surface area contributed by atoms with Crippen LogP contribution < -0.4 is 10.6 Å². The van der Waals surface area contributed by atoms with Crippen molar-refractivity contribution >= 4 is 52.6 Å². The molecule has 0 fully saturated rings. The summed E-state index contributed by atoms with van der Waals surface area (Å²) in [6.07, 6.45) is 0. The van der Waals surface area contributed by atoms with Gasteiger partial charge in [0.25, 0.3) is 0 Å². The number of rotatable bonds is 4. The summed E-state index contributed by atoms with van der Waals surface area (Å²) in [6, 6.07) is 0. The van der Waals surface area contributed by atoms with Crippen LogP contribution in [0.1, 0.15) is 26.3 Å². The zero-order valence-electron chi connectivity index (χ0n) is 12.6. The quantitative estimate of drug-likeness (QED) is 0.439. The van der Waals surface area contributed by atoms with Crippen molar-refractivity contribution < 1.29 is 0 Å². The molecule has 2 heterocycles. The molecule has 2 aromatic rings. The fourth-order valence-electron chi connectivity index (χ4n) is 1.64. The lowest BCUT2D eigenvalue weighted by Gasteiger charge is -2.09. The molecule has 0 aromatic carbocycles. The third-order valence-corrected chi connectivity index (χ3v) is 4.82. The Morgan fingerprint density at radius 3 is 2.29 bits per heavy atom. The fourth-order valence-corrected chi connectivity index (χ4v) is 3.22. The summed E-state index contributed by atoms with van der Waals surface area (Å²) >= 11 is 3.37. The lowest BCUT2D eigenvalue weighted by atomic mass is 10.4. The van der Waals surface area contributed by atoms with E-state index in [0.717, 1.165) is 27.4 Å². The van der Waals surface area contributed by atoms with Crippen LogP contribution >= 0.6 is 46.7 Å². The first kappa shape index (κ1) is 18.3. The number of aromatic nitrogens is 2. The number of guanidine groups is 1. The van der Waals surface area contributed by atoms with Gasteiger partial charge in [0.2, 0.25) is 0 Å². The number of aryl methyl sites for hydroxylation is 3. The minimum Gasteiger partial charge on any atom is -0.350 e. The van der Waals surface area contributed by atoms with Crippen LogP contribution in [-0.4, -0.2) is 23.0 Å². The Morgan fingerprint density at radius 2 is 1.81 bits per heavy atom. The highest BCUT2D eigenvalue weighted by Crippen LogP contribution is 2.15. The highest BCUT2D eigenvalue weighted by molar-refractivity contribution is 14.0. The normalized spacial score (nSPS) is 11.1. The fraction of sp³-hybridized carbons (Fsp3) is 0.462. The Kier molecular flexibility index (Phi) is 7.53. The first-order valence-corrected chi connectivity index (χ1v) is 8.06. The van der Waals surface area contributed by atoms with Crippen LogP contribution in [-0.2, 0) is 13.1 Å². The minimum absolute atomic E-state index is 0. The van der Waals surface area contributed by atoms with Crippen molar-refractivity contribution in [3.05, 3.63) is 31.7 Å². The molecule has 0 aliphatic rings. The molecule has 0 aliphatic heterocycles. The number of hydrogen-bond acceptors (Lipinski definition) is 5. The largest absolute Gasteiger partial charge is 0.350 e. The molecule has 0 aliphatic carbocycles. The number of nitrogens with zero attached hydrogens (tertiary/aromatic N) is 3. The van der Waals surface area contributed by atoms with E-state index in [4.69, 9.17) is 0 Å². The van der Waals surface area contributed by atoms with E-state index < -0.39 is 0 Å². The van der Waals surface area contributed by atoms with Gasteiger partial charge < -0.3 is 10.6 Å². The van der Waals surface area contributed by atoms with Crippen molar-refractivity contribution in [3.63, 3.8) is 0 Å². The van der Waals surface area contributed by atoms with Crippen molar-refractivity contribution in [2.45, 2.75) is 33.9 Å². The second-order valence-corrected chi connectivity index (χ2v) is 6.64. The highest BCUT2D eigenvalue weighted by atomic mass is 127. The van der Waals surface area contributed by atoms with Crippen LogP contribution in [0.4, 0.5) is 0 Å². The Labute approximate surface area is 150 Å².